The van der Waals surface area contributed by atoms with E-state index in [1.807, 2.05) is 141 Å². The molecule has 11 aromatic rings. The van der Waals surface area contributed by atoms with E-state index in [1.54, 1.807) is 50.9 Å². The maximum atomic E-state index is 13.6. The van der Waals surface area contributed by atoms with Crippen LogP contribution in [0.3, 0.4) is 0 Å². The molecule has 1 fully saturated rings. The second-order valence-electron chi connectivity index (χ2n) is 34.2. The number of ether oxygens (including phenoxy) is 2. The highest BCUT2D eigenvalue weighted by Gasteiger charge is 2.42. The molecule has 23 heteroatoms. The number of nitrogens with zero attached hydrogens (tertiary/aromatic N) is 12. The number of amides is 2. The van der Waals surface area contributed by atoms with E-state index < -0.39 is 41.3 Å². The van der Waals surface area contributed by atoms with E-state index in [1.165, 1.54) is 48.7 Å². The second kappa shape index (κ2) is 40.7. The highest BCUT2D eigenvalue weighted by Crippen LogP contribution is 2.42. The van der Waals surface area contributed by atoms with Crippen LogP contribution in [0, 0.1) is 85.5 Å². The summed E-state index contributed by atoms with van der Waals surface area (Å²) in [6, 6.07) is 47.3. The zero-order valence-corrected chi connectivity index (χ0v) is 75.9. The van der Waals surface area contributed by atoms with E-state index in [0.717, 1.165) is 121 Å². The zero-order chi connectivity index (χ0) is 88.8. The van der Waals surface area contributed by atoms with E-state index >= 15 is 0 Å². The maximum Gasteiger partial charge on any atom is 0.329 e. The number of anilines is 3. The Balaban J connectivity index is 0.000000161. The molecule has 123 heavy (non-hydrogen) atoms. The quantitative estimate of drug-likeness (QED) is 0.0420. The average molecular weight is 1680 g/mol. The van der Waals surface area contributed by atoms with Crippen LogP contribution in [0.25, 0.3) is 21.9 Å². The van der Waals surface area contributed by atoms with Gasteiger partial charge in [0.15, 0.2) is 11.6 Å². The predicted octanol–water partition coefficient (Wildman–Crippen LogP) is 20.7. The van der Waals surface area contributed by atoms with Gasteiger partial charge in [-0.05, 0) is 194 Å². The van der Waals surface area contributed by atoms with Crippen molar-refractivity contribution < 1.29 is 38.2 Å². The Bertz CT molecular complexity index is 5700. The molecule has 4 unspecified atom stereocenters. The van der Waals surface area contributed by atoms with Crippen LogP contribution >= 0.6 is 11.3 Å². The number of carbonyl (C=O) groups is 6. The van der Waals surface area contributed by atoms with Crippen molar-refractivity contribution in [3.63, 3.8) is 0 Å². The van der Waals surface area contributed by atoms with Gasteiger partial charge in [-0.15, -0.1) is 31.7 Å². The first kappa shape index (κ1) is 91.6. The predicted molar refractivity (Wildman–Crippen MR) is 489 cm³/mol. The lowest BCUT2D eigenvalue weighted by Crippen LogP contribution is -2.53. The van der Waals surface area contributed by atoms with Gasteiger partial charge in [-0.2, -0.15) is 0 Å². The third kappa shape index (κ3) is 22.2. The van der Waals surface area contributed by atoms with Crippen molar-refractivity contribution in [2.75, 3.05) is 24.3 Å². The van der Waals surface area contributed by atoms with E-state index in [-0.39, 0.29) is 47.7 Å². The first-order chi connectivity index (χ1) is 58.6. The summed E-state index contributed by atoms with van der Waals surface area (Å²) in [4.78, 5) is 103. The third-order valence-electron chi connectivity index (χ3n) is 23.2. The lowest BCUT2D eigenvalue weighted by Gasteiger charge is -2.36. The van der Waals surface area contributed by atoms with Crippen molar-refractivity contribution in [3.05, 3.63) is 265 Å². The summed E-state index contributed by atoms with van der Waals surface area (Å²) in [5, 5.41) is 24.7. The number of fused-ring (bicyclic) bond motifs is 6. The molecule has 14 rings (SSSR count). The molecule has 642 valence electrons. The summed E-state index contributed by atoms with van der Waals surface area (Å²) in [6.45, 7) is 40.1. The number of hydrogen-bond acceptors (Lipinski definition) is 19. The number of aryl methyl sites for hydroxylation is 9. The summed E-state index contributed by atoms with van der Waals surface area (Å²) in [7, 11) is 1.65. The van der Waals surface area contributed by atoms with Crippen molar-refractivity contribution >= 4 is 75.2 Å². The minimum atomic E-state index is -0.755. The Morgan fingerprint density at radius 2 is 1.24 bits per heavy atom. The topological polar surface area (TPSA) is 273 Å². The number of ketones is 3. The SMILES string of the molecule is CCC(C)(C)C(=O)C(=O)N1CCCCC1C(=O)OC(CCc1ccc(C)c(C)c1)c1cccc(C(C)C)c1.COc1ccc2c(c1)C(c1ccc(C)cc1)=NC(CC(=O)C(C)C)c1nnc(C)n1-2.Cc1ccc(C2=NC(CC(=O)C(C)C)c3nnc(C)n3-c3sc(C)c(C)c32)cc1.Cc1ccc(NC(=O)C(C)C)cc1Nc1nccc(-c2cccnc2)n1. The minimum absolute atomic E-state index is 0.0189. The summed E-state index contributed by atoms with van der Waals surface area (Å²) in [5.41, 5.74) is 19.9. The van der Waals surface area contributed by atoms with Crippen LogP contribution in [0.1, 0.15) is 246 Å². The Hall–Kier alpha value is -12.1. The molecule has 4 atom stereocenters. The number of aliphatic imine (C=N–C) groups is 2. The van der Waals surface area contributed by atoms with Crippen molar-refractivity contribution in [2.45, 2.75) is 220 Å². The number of rotatable bonds is 24. The maximum absolute atomic E-state index is 13.6. The van der Waals surface area contributed by atoms with Crippen LogP contribution < -0.4 is 15.4 Å². The highest BCUT2D eigenvalue weighted by atomic mass is 32.1. The van der Waals surface area contributed by atoms with Crippen LogP contribution in [0.2, 0.25) is 0 Å². The van der Waals surface area contributed by atoms with Gasteiger partial charge in [0.25, 0.3) is 5.91 Å². The number of hydrogen-bond donors (Lipinski definition) is 2. The Morgan fingerprint density at radius 1 is 0.610 bits per heavy atom. The largest absolute Gasteiger partial charge is 0.497 e. The fourth-order valence-corrected chi connectivity index (χ4v) is 15.8. The molecule has 22 nitrogen and oxygen atoms in total. The van der Waals surface area contributed by atoms with Crippen molar-refractivity contribution in [1.82, 2.24) is 49.4 Å². The highest BCUT2D eigenvalue weighted by molar-refractivity contribution is 7.15. The van der Waals surface area contributed by atoms with Crippen LogP contribution in [-0.4, -0.2) is 116 Å². The van der Waals surface area contributed by atoms with E-state index in [0.29, 0.717) is 49.9 Å². The number of likely N-dealkylation sites (tertiary alicyclic amines) is 1. The van der Waals surface area contributed by atoms with Crippen molar-refractivity contribution in [3.8, 4) is 27.7 Å². The Kier molecular flexibility index (Phi) is 30.3. The normalized spacial score (nSPS) is 14.9. The molecule has 0 spiro atoms. The number of esters is 1. The van der Waals surface area contributed by atoms with Gasteiger partial charge >= 0.3 is 5.97 Å². The van der Waals surface area contributed by atoms with Crippen LogP contribution in [0.5, 0.6) is 5.75 Å². The average Bonchev–Trinajstić information content (AvgIpc) is 1.54. The third-order valence-corrected chi connectivity index (χ3v) is 24.4. The van der Waals surface area contributed by atoms with Gasteiger partial charge in [-0.3, -0.25) is 48.1 Å². The number of aromatic nitrogens is 9. The summed E-state index contributed by atoms with van der Waals surface area (Å²) < 4.78 is 15.8. The van der Waals surface area contributed by atoms with Crippen LogP contribution in [-0.2, 0) is 39.9 Å². The van der Waals surface area contributed by atoms with Crippen molar-refractivity contribution in [2.24, 2.45) is 33.2 Å². The molecule has 0 aliphatic carbocycles. The summed E-state index contributed by atoms with van der Waals surface area (Å²) >= 11 is 1.74. The number of benzene rings is 6. The molecule has 2 N–H and O–H groups in total. The van der Waals surface area contributed by atoms with Gasteiger partial charge in [-0.1, -0.05) is 184 Å². The van der Waals surface area contributed by atoms with E-state index in [9.17, 15) is 28.8 Å². The van der Waals surface area contributed by atoms with Crippen molar-refractivity contribution in [1.29, 1.82) is 0 Å². The van der Waals surface area contributed by atoms with Gasteiger partial charge in [-0.25, -0.2) is 14.8 Å². The fourth-order valence-electron chi connectivity index (χ4n) is 14.6. The number of nitrogens with one attached hydrogen (secondary N) is 2. The molecule has 3 aliphatic rings. The molecule has 0 bridgehead atoms. The molecular formula is C100H118N14O8S. The zero-order valence-electron chi connectivity index (χ0n) is 75.1. The number of methoxy groups -OCH3 is 1. The standard InChI is InChI=1S/C33H45NO4.C24H26N4O2.C23H26N4OS.C20H21N5O/c1-8-33(6,7)30(35)31(36)34-19-10-9-14-28(34)32(37)38-29(27-13-11-12-26(21-27)22(2)3)18-17-25-16-15-23(4)24(5)20-25;1-14(2)22(29)13-20-24-27-26-16(4)28(24)21-11-10-18(30-5)12-19(21)23(25-20)17-8-6-15(3)7-9-17;1-12(2)19(28)11-18-22-26-25-16(6)27(22)23-20(14(4)15(5)29-23)21(24-18)17-9-7-13(3)8-10-17;1-13(2)19(26)23-16-7-6-14(3)18(11-16)25-20-22-10-8-17(24-20)15-5-4-9-21-12-15/h11-13,15-16,20-22,28-29H,8-10,14,17-19H2,1-7H3;6-12,14,20H,13H2,1-5H3;7-10,12,18H,11H2,1-6H3;4-13H,1-3H3,(H,23,26)(H,22,24,25). The van der Waals surface area contributed by atoms with E-state index in [2.05, 4.69) is 185 Å². The number of pyridine rings is 1. The minimum Gasteiger partial charge on any atom is -0.497 e. The molecule has 6 aromatic carbocycles. The lowest BCUT2D eigenvalue weighted by molar-refractivity contribution is -0.164. The first-order valence-electron chi connectivity index (χ1n) is 42.8. The lowest BCUT2D eigenvalue weighted by atomic mass is 9.84. The summed E-state index contributed by atoms with van der Waals surface area (Å²) in [5.74, 6) is 3.35. The van der Waals surface area contributed by atoms with Gasteiger partial charge < -0.3 is 25.0 Å². The van der Waals surface area contributed by atoms with Crippen LogP contribution in [0.4, 0.5) is 17.3 Å². The van der Waals surface area contributed by atoms with Gasteiger partial charge in [0.1, 0.15) is 58.2 Å². The second-order valence-corrected chi connectivity index (χ2v) is 35.4. The van der Waals surface area contributed by atoms with Gasteiger partial charge in [0.05, 0.1) is 29.9 Å². The molecule has 1 saturated heterocycles. The number of thiophene rings is 1. The molecule has 3 aliphatic heterocycles. The number of piperidine rings is 1. The molecular weight excluding hydrogens is 1560 g/mol. The Morgan fingerprint density at radius 3 is 1.85 bits per heavy atom. The summed E-state index contributed by atoms with van der Waals surface area (Å²) in [6.07, 6.45) is 9.46. The molecule has 0 saturated carbocycles. The number of Topliss-reactive ketones (excluding diaryl/α,β-unsaturated/α-hetero) is 3. The van der Waals surface area contributed by atoms with Gasteiger partial charge in [0.2, 0.25) is 17.6 Å². The molecule has 8 heterocycles. The first-order valence-corrected chi connectivity index (χ1v) is 43.6. The molecule has 0 radical (unpaired) electrons. The van der Waals surface area contributed by atoms with E-state index in [4.69, 9.17) is 19.5 Å². The molecule has 2 amide bonds. The smallest absolute Gasteiger partial charge is 0.329 e. The molecule has 5 aromatic heterocycles. The van der Waals surface area contributed by atoms with Gasteiger partial charge in [0, 0.05) is 105 Å². The van der Waals surface area contributed by atoms with Crippen LogP contribution in [0.15, 0.2) is 174 Å². The Labute approximate surface area is 728 Å². The monoisotopic (exact) mass is 1670 g/mol. The fraction of sp³-hybridized carbons (Fsp3) is 0.390. The number of carbonyl (C=O) groups excluding carboxylic acids is 6.